The zero-order valence-electron chi connectivity index (χ0n) is 15.3. The summed E-state index contributed by atoms with van der Waals surface area (Å²) in [5.41, 5.74) is 9.03. The van der Waals surface area contributed by atoms with Crippen LogP contribution in [0.15, 0.2) is 60.9 Å². The van der Waals surface area contributed by atoms with Gasteiger partial charge in [0.1, 0.15) is 11.6 Å². The van der Waals surface area contributed by atoms with Gasteiger partial charge in [0.05, 0.1) is 18.2 Å². The van der Waals surface area contributed by atoms with Gasteiger partial charge in [0, 0.05) is 41.8 Å². The molecule has 0 fully saturated rings. The number of rotatable bonds is 6. The van der Waals surface area contributed by atoms with E-state index in [1.54, 1.807) is 42.6 Å². The van der Waals surface area contributed by atoms with E-state index in [2.05, 4.69) is 10.3 Å². The van der Waals surface area contributed by atoms with Crippen LogP contribution < -0.4 is 21.2 Å². The molecule has 0 atom stereocenters. The summed E-state index contributed by atoms with van der Waals surface area (Å²) in [6.07, 6.45) is 3.08. The van der Waals surface area contributed by atoms with Gasteiger partial charge >= 0.3 is 0 Å². The zero-order valence-corrected chi connectivity index (χ0v) is 15.3. The van der Waals surface area contributed by atoms with Gasteiger partial charge in [0.15, 0.2) is 0 Å². The maximum atomic E-state index is 13.5. The van der Waals surface area contributed by atoms with E-state index in [9.17, 15) is 9.18 Å². The Morgan fingerprint density at radius 1 is 1.21 bits per heavy atom. The molecule has 0 aliphatic heterocycles. The third-order valence-corrected chi connectivity index (χ3v) is 4.24. The van der Waals surface area contributed by atoms with Crippen LogP contribution in [0.3, 0.4) is 0 Å². The van der Waals surface area contributed by atoms with E-state index in [1.165, 1.54) is 25.4 Å². The van der Waals surface area contributed by atoms with Crippen LogP contribution >= 0.6 is 0 Å². The molecule has 0 saturated carbocycles. The molecule has 6 nitrogen and oxygen atoms in total. The molecule has 3 rings (SSSR count). The molecule has 2 aromatic carbocycles. The molecule has 3 aromatic rings. The number of amides is 1. The number of nitrogens with one attached hydrogen (secondary N) is 1. The van der Waals surface area contributed by atoms with E-state index in [-0.39, 0.29) is 12.5 Å². The van der Waals surface area contributed by atoms with Gasteiger partial charge in [-0.15, -0.1) is 0 Å². The monoisotopic (exact) mass is 379 g/mol. The molecular weight excluding hydrogens is 359 g/mol. The number of aromatic nitrogens is 1. The lowest BCUT2D eigenvalue weighted by molar-refractivity contribution is -0.111. The van der Waals surface area contributed by atoms with E-state index < -0.39 is 5.82 Å². The van der Waals surface area contributed by atoms with Gasteiger partial charge in [-0.3, -0.25) is 15.2 Å². The standard InChI is InChI=1S/C21H19FN4O2/c1-28-19-10-18(23)17(20(24)13-4-2-6-16(22)8-13)9-15(19)12-26-21(27)14-5-3-7-25-11-14/h2-11,24H,12,23H2,1H3,(H,26,27)/p+1. The highest BCUT2D eigenvalue weighted by Gasteiger charge is 2.18. The number of anilines is 1. The Morgan fingerprint density at radius 3 is 2.68 bits per heavy atom. The minimum absolute atomic E-state index is 0.195. The van der Waals surface area contributed by atoms with Gasteiger partial charge in [-0.25, -0.2) is 4.39 Å². The fourth-order valence-corrected chi connectivity index (χ4v) is 2.79. The van der Waals surface area contributed by atoms with Crippen molar-refractivity contribution in [1.82, 2.24) is 10.3 Å². The molecule has 5 N–H and O–H groups in total. The minimum atomic E-state index is -0.392. The summed E-state index contributed by atoms with van der Waals surface area (Å²) in [7, 11) is 1.51. The van der Waals surface area contributed by atoms with Crippen LogP contribution in [0, 0.1) is 5.82 Å². The van der Waals surface area contributed by atoms with Crippen molar-refractivity contribution in [1.29, 1.82) is 0 Å². The molecule has 142 valence electrons. The lowest BCUT2D eigenvalue weighted by Crippen LogP contribution is -2.41. The Bertz CT molecular complexity index is 1020. The summed E-state index contributed by atoms with van der Waals surface area (Å²) >= 11 is 0. The van der Waals surface area contributed by atoms with Gasteiger partial charge < -0.3 is 15.8 Å². The number of hydrogen-bond donors (Lipinski definition) is 3. The number of methoxy groups -OCH3 is 1. The normalized spacial score (nSPS) is 10.4. The van der Waals surface area contributed by atoms with Crippen molar-refractivity contribution in [3.05, 3.63) is 89.0 Å². The molecule has 0 spiro atoms. The lowest BCUT2D eigenvalue weighted by Gasteiger charge is -2.13. The van der Waals surface area contributed by atoms with E-state index in [0.29, 0.717) is 39.4 Å². The van der Waals surface area contributed by atoms with Crippen molar-refractivity contribution in [2.45, 2.75) is 6.54 Å². The highest BCUT2D eigenvalue weighted by Crippen LogP contribution is 2.27. The largest absolute Gasteiger partial charge is 0.496 e. The molecule has 0 aliphatic carbocycles. The second kappa shape index (κ2) is 8.30. The summed E-state index contributed by atoms with van der Waals surface area (Å²) in [4.78, 5) is 16.2. The molecule has 28 heavy (non-hydrogen) atoms. The number of nitrogens with two attached hydrogens (primary N) is 2. The van der Waals surface area contributed by atoms with Crippen molar-refractivity contribution in [3.63, 3.8) is 0 Å². The van der Waals surface area contributed by atoms with Crippen LogP contribution in [0.4, 0.5) is 10.1 Å². The smallest absolute Gasteiger partial charge is 0.253 e. The van der Waals surface area contributed by atoms with Crippen LogP contribution in [0.5, 0.6) is 5.75 Å². The highest BCUT2D eigenvalue weighted by atomic mass is 19.1. The first-order chi connectivity index (χ1) is 13.5. The predicted octanol–water partition coefficient (Wildman–Crippen LogP) is 1.34. The van der Waals surface area contributed by atoms with E-state index in [1.807, 2.05) is 0 Å². The van der Waals surface area contributed by atoms with Crippen LogP contribution in [0.25, 0.3) is 0 Å². The number of hydrogen-bond acceptors (Lipinski definition) is 4. The number of nitrogen functional groups attached to an aromatic ring is 1. The summed E-state index contributed by atoms with van der Waals surface area (Å²) in [5, 5.41) is 9.04. The number of halogens is 1. The van der Waals surface area contributed by atoms with Gasteiger partial charge in [-0.05, 0) is 36.4 Å². The molecule has 0 unspecified atom stereocenters. The molecule has 1 heterocycles. The highest BCUT2D eigenvalue weighted by molar-refractivity contribution is 6.12. The first-order valence-corrected chi connectivity index (χ1v) is 8.53. The zero-order chi connectivity index (χ0) is 20.1. The first kappa shape index (κ1) is 19.0. The van der Waals surface area contributed by atoms with Gasteiger partial charge in [-0.1, -0.05) is 6.07 Å². The van der Waals surface area contributed by atoms with Gasteiger partial charge in [0.2, 0.25) is 5.71 Å². The van der Waals surface area contributed by atoms with Crippen molar-refractivity contribution in [2.75, 3.05) is 12.8 Å². The van der Waals surface area contributed by atoms with Crippen molar-refractivity contribution < 1.29 is 19.3 Å². The van der Waals surface area contributed by atoms with Crippen LogP contribution in [0.2, 0.25) is 0 Å². The quantitative estimate of drug-likeness (QED) is 0.444. The average Bonchev–Trinajstić information content (AvgIpc) is 2.72. The molecule has 0 saturated heterocycles. The van der Waals surface area contributed by atoms with E-state index in [4.69, 9.17) is 15.9 Å². The maximum Gasteiger partial charge on any atom is 0.253 e. The lowest BCUT2D eigenvalue weighted by atomic mass is 9.98. The predicted molar refractivity (Wildman–Crippen MR) is 104 cm³/mol. The molecule has 1 aromatic heterocycles. The first-order valence-electron chi connectivity index (χ1n) is 8.53. The second-order valence-corrected chi connectivity index (χ2v) is 6.10. The van der Waals surface area contributed by atoms with Crippen LogP contribution in [0.1, 0.15) is 27.0 Å². The molecular formula is C21H20FN4O2+. The molecule has 1 amide bonds. The average molecular weight is 379 g/mol. The van der Waals surface area contributed by atoms with E-state index >= 15 is 0 Å². The number of carbonyl (C=O) groups is 1. The fourth-order valence-electron chi connectivity index (χ4n) is 2.79. The molecule has 7 heteroatoms. The Balaban J connectivity index is 1.87. The SMILES string of the molecule is COc1cc(N)c(C(=[NH2+])c2cccc(F)c2)cc1CNC(=O)c1cccnc1. The summed E-state index contributed by atoms with van der Waals surface area (Å²) in [6, 6.07) is 12.7. The fraction of sp³-hybridized carbons (Fsp3) is 0.0952. The molecule has 0 bridgehead atoms. The number of pyridine rings is 1. The summed E-state index contributed by atoms with van der Waals surface area (Å²) in [5.74, 6) is -0.146. The van der Waals surface area contributed by atoms with Crippen molar-refractivity contribution in [2.24, 2.45) is 0 Å². The number of carbonyl (C=O) groups excluding carboxylic acids is 1. The Kier molecular flexibility index (Phi) is 5.64. The van der Waals surface area contributed by atoms with Gasteiger partial charge in [0.25, 0.3) is 5.91 Å². The number of nitrogens with zero attached hydrogens (tertiary/aromatic N) is 1. The Labute approximate surface area is 161 Å². The van der Waals surface area contributed by atoms with Crippen molar-refractivity contribution in [3.8, 4) is 5.75 Å². The number of ether oxygens (including phenoxy) is 1. The summed E-state index contributed by atoms with van der Waals surface area (Å²) in [6.45, 7) is 0.195. The Hall–Kier alpha value is -3.74. The second-order valence-electron chi connectivity index (χ2n) is 6.10. The van der Waals surface area contributed by atoms with Gasteiger partial charge in [-0.2, -0.15) is 0 Å². The minimum Gasteiger partial charge on any atom is -0.496 e. The molecule has 0 aliphatic rings. The number of benzene rings is 2. The summed E-state index contributed by atoms with van der Waals surface area (Å²) < 4.78 is 18.9. The van der Waals surface area contributed by atoms with E-state index in [0.717, 1.165) is 0 Å². The Morgan fingerprint density at radius 2 is 2.00 bits per heavy atom. The maximum absolute atomic E-state index is 13.5. The van der Waals surface area contributed by atoms with Crippen molar-refractivity contribution >= 4 is 17.3 Å². The molecule has 0 radical (unpaired) electrons. The topological polar surface area (TPSA) is 103 Å². The third kappa shape index (κ3) is 4.15. The van der Waals surface area contributed by atoms with Crippen LogP contribution in [-0.2, 0) is 6.54 Å². The third-order valence-electron chi connectivity index (χ3n) is 4.24. The van der Waals surface area contributed by atoms with Crippen LogP contribution in [-0.4, -0.2) is 23.7 Å².